The van der Waals surface area contributed by atoms with Crippen molar-refractivity contribution >= 4 is 18.0 Å². The molecular weight excluding hydrogens is 442 g/mol. The van der Waals surface area contributed by atoms with E-state index in [-0.39, 0.29) is 11.5 Å². The molecule has 0 saturated heterocycles. The first kappa shape index (κ1) is 21.9. The summed E-state index contributed by atoms with van der Waals surface area (Å²) in [5.41, 5.74) is 3.49. The molecule has 0 N–H and O–H groups in total. The molecule has 2 heterocycles. The number of benzene rings is 3. The Hall–Kier alpha value is -4.91. The van der Waals surface area contributed by atoms with Crippen LogP contribution in [0.5, 0.6) is 11.5 Å². The number of esters is 1. The van der Waals surface area contributed by atoms with Gasteiger partial charge in [-0.1, -0.05) is 48.5 Å². The third kappa shape index (κ3) is 4.89. The monoisotopic (exact) mass is 463 g/mol. The van der Waals surface area contributed by atoms with E-state index in [1.165, 1.54) is 19.4 Å². The van der Waals surface area contributed by atoms with E-state index in [1.54, 1.807) is 35.2 Å². The number of ether oxygens (including phenoxy) is 2. The Morgan fingerprint density at radius 1 is 0.914 bits per heavy atom. The molecule has 5 rings (SSSR count). The fourth-order valence-electron chi connectivity index (χ4n) is 3.51. The zero-order valence-electron chi connectivity index (χ0n) is 18.9. The van der Waals surface area contributed by atoms with Crippen LogP contribution in [0.2, 0.25) is 0 Å². The third-order valence-electron chi connectivity index (χ3n) is 5.22. The molecule has 0 saturated carbocycles. The summed E-state index contributed by atoms with van der Waals surface area (Å²) in [4.78, 5) is 16.9. The molecule has 3 aromatic carbocycles. The normalized spacial score (nSPS) is 11.0. The van der Waals surface area contributed by atoms with E-state index in [0.717, 1.165) is 22.5 Å². The smallest absolute Gasteiger partial charge is 0.379 e. The highest BCUT2D eigenvalue weighted by Crippen LogP contribution is 2.30. The number of hydrogen-bond donors (Lipinski definition) is 0. The van der Waals surface area contributed by atoms with Crippen molar-refractivity contribution in [2.24, 2.45) is 4.99 Å². The molecule has 7 nitrogen and oxygen atoms in total. The molecule has 0 aliphatic carbocycles. The molecule has 0 unspecified atom stereocenters. The number of methoxy groups -OCH3 is 1. The molecule has 0 atom stereocenters. The number of aromatic nitrogens is 2. The standard InChI is InChI=1S/C28H21N3O4/c1-33-26-17-20(14-15-24(26)35-28(32)25-13-8-16-34-25)19-29-27-18-23(21-9-4-2-5-10-21)30-31(27)22-11-6-3-7-12-22/h2-19H,1H3. The summed E-state index contributed by atoms with van der Waals surface area (Å²) in [5, 5.41) is 4.78. The van der Waals surface area contributed by atoms with Crippen LogP contribution >= 0.6 is 0 Å². The van der Waals surface area contributed by atoms with Crippen LogP contribution in [0.4, 0.5) is 5.82 Å². The van der Waals surface area contributed by atoms with Crippen molar-refractivity contribution in [2.45, 2.75) is 0 Å². The average Bonchev–Trinajstić information content (AvgIpc) is 3.60. The van der Waals surface area contributed by atoms with Gasteiger partial charge in [-0.05, 0) is 48.0 Å². The highest BCUT2D eigenvalue weighted by Gasteiger charge is 2.15. The maximum absolute atomic E-state index is 12.2. The van der Waals surface area contributed by atoms with Crippen LogP contribution in [0.3, 0.4) is 0 Å². The summed E-state index contributed by atoms with van der Waals surface area (Å²) >= 11 is 0. The number of furan rings is 1. The first-order chi connectivity index (χ1) is 17.2. The lowest BCUT2D eigenvalue weighted by Crippen LogP contribution is -2.08. The molecule has 0 amide bonds. The summed E-state index contributed by atoms with van der Waals surface area (Å²) < 4.78 is 17.7. The lowest BCUT2D eigenvalue weighted by Gasteiger charge is -2.09. The highest BCUT2D eigenvalue weighted by atomic mass is 16.6. The van der Waals surface area contributed by atoms with Gasteiger partial charge in [0.25, 0.3) is 0 Å². The third-order valence-corrected chi connectivity index (χ3v) is 5.22. The first-order valence-corrected chi connectivity index (χ1v) is 10.9. The number of para-hydroxylation sites is 1. The van der Waals surface area contributed by atoms with Crippen LogP contribution in [0.15, 0.2) is 113 Å². The van der Waals surface area contributed by atoms with Gasteiger partial charge in [0.05, 0.1) is 24.8 Å². The molecule has 0 spiro atoms. The van der Waals surface area contributed by atoms with Gasteiger partial charge < -0.3 is 13.9 Å². The van der Waals surface area contributed by atoms with Crippen molar-refractivity contribution in [3.05, 3.63) is 115 Å². The zero-order chi connectivity index (χ0) is 24.0. The molecule has 7 heteroatoms. The average molecular weight is 463 g/mol. The van der Waals surface area contributed by atoms with E-state index in [9.17, 15) is 4.79 Å². The van der Waals surface area contributed by atoms with Gasteiger partial charge in [0.1, 0.15) is 0 Å². The van der Waals surface area contributed by atoms with Gasteiger partial charge in [0.15, 0.2) is 17.3 Å². The van der Waals surface area contributed by atoms with Crippen molar-refractivity contribution < 1.29 is 18.7 Å². The van der Waals surface area contributed by atoms with Crippen molar-refractivity contribution in [3.63, 3.8) is 0 Å². The SMILES string of the molecule is COc1cc(C=Nc2cc(-c3ccccc3)nn2-c2ccccc2)ccc1OC(=O)c1ccco1. The summed E-state index contributed by atoms with van der Waals surface area (Å²) in [6, 6.07) is 30.1. The topological polar surface area (TPSA) is 78.9 Å². The Labute approximate surface area is 201 Å². The molecule has 0 bridgehead atoms. The number of aliphatic imine (C=N–C) groups is 1. The number of carbonyl (C=O) groups is 1. The minimum Gasteiger partial charge on any atom is -0.493 e. The van der Waals surface area contributed by atoms with Crippen molar-refractivity contribution in [1.82, 2.24) is 9.78 Å². The fourth-order valence-corrected chi connectivity index (χ4v) is 3.51. The quantitative estimate of drug-likeness (QED) is 0.165. The maximum atomic E-state index is 12.2. The van der Waals surface area contributed by atoms with Gasteiger partial charge in [0, 0.05) is 17.8 Å². The molecule has 5 aromatic rings. The van der Waals surface area contributed by atoms with E-state index < -0.39 is 5.97 Å². The number of hydrogen-bond acceptors (Lipinski definition) is 6. The van der Waals surface area contributed by atoms with Crippen LogP contribution in [0, 0.1) is 0 Å². The molecule has 35 heavy (non-hydrogen) atoms. The minimum absolute atomic E-state index is 0.112. The summed E-state index contributed by atoms with van der Waals surface area (Å²) in [5.74, 6) is 0.862. The predicted octanol–water partition coefficient (Wildman–Crippen LogP) is 6.11. The Balaban J connectivity index is 1.45. The second-order valence-corrected chi connectivity index (χ2v) is 7.54. The van der Waals surface area contributed by atoms with Crippen molar-refractivity contribution in [3.8, 4) is 28.4 Å². The Morgan fingerprint density at radius 3 is 2.40 bits per heavy atom. The number of carbonyl (C=O) groups excluding carboxylic acids is 1. The van der Waals surface area contributed by atoms with Crippen molar-refractivity contribution in [1.29, 1.82) is 0 Å². The summed E-state index contributed by atoms with van der Waals surface area (Å²) in [6.07, 6.45) is 3.13. The minimum atomic E-state index is -0.602. The zero-order valence-corrected chi connectivity index (χ0v) is 18.9. The lowest BCUT2D eigenvalue weighted by atomic mass is 10.1. The van der Waals surface area contributed by atoms with Gasteiger partial charge in [-0.25, -0.2) is 14.5 Å². The Morgan fingerprint density at radius 2 is 1.69 bits per heavy atom. The molecule has 172 valence electrons. The number of rotatable bonds is 7. The van der Waals surface area contributed by atoms with Crippen LogP contribution < -0.4 is 9.47 Å². The van der Waals surface area contributed by atoms with Gasteiger partial charge in [-0.3, -0.25) is 0 Å². The van der Waals surface area contributed by atoms with Gasteiger partial charge in [0.2, 0.25) is 5.76 Å². The Kier molecular flexibility index (Phi) is 6.21. The molecule has 0 radical (unpaired) electrons. The van der Waals surface area contributed by atoms with E-state index in [2.05, 4.69) is 0 Å². The van der Waals surface area contributed by atoms with E-state index in [1.807, 2.05) is 66.7 Å². The maximum Gasteiger partial charge on any atom is 0.379 e. The van der Waals surface area contributed by atoms with Crippen LogP contribution in [-0.2, 0) is 0 Å². The lowest BCUT2D eigenvalue weighted by molar-refractivity contribution is 0.0696. The van der Waals surface area contributed by atoms with Crippen LogP contribution in [-0.4, -0.2) is 29.1 Å². The summed E-state index contributed by atoms with van der Waals surface area (Å²) in [6.45, 7) is 0. The highest BCUT2D eigenvalue weighted by molar-refractivity contribution is 5.89. The van der Waals surface area contributed by atoms with E-state index >= 15 is 0 Å². The van der Waals surface area contributed by atoms with Crippen molar-refractivity contribution in [2.75, 3.05) is 7.11 Å². The molecule has 0 fully saturated rings. The molecule has 0 aliphatic heterocycles. The Bertz CT molecular complexity index is 1460. The van der Waals surface area contributed by atoms with Gasteiger partial charge in [-0.2, -0.15) is 5.10 Å². The van der Waals surface area contributed by atoms with Crippen LogP contribution in [0.25, 0.3) is 16.9 Å². The van der Waals surface area contributed by atoms with E-state index in [4.69, 9.17) is 24.0 Å². The second-order valence-electron chi connectivity index (χ2n) is 7.54. The first-order valence-electron chi connectivity index (χ1n) is 10.9. The predicted molar refractivity (Wildman–Crippen MR) is 133 cm³/mol. The second kappa shape index (κ2) is 9.93. The van der Waals surface area contributed by atoms with Gasteiger partial charge >= 0.3 is 5.97 Å². The number of nitrogens with zero attached hydrogens (tertiary/aromatic N) is 3. The fraction of sp³-hybridized carbons (Fsp3) is 0.0357. The molecular formula is C28H21N3O4. The molecule has 2 aromatic heterocycles. The van der Waals surface area contributed by atoms with Crippen LogP contribution in [0.1, 0.15) is 16.1 Å². The largest absolute Gasteiger partial charge is 0.493 e. The van der Waals surface area contributed by atoms with Gasteiger partial charge in [-0.15, -0.1) is 0 Å². The van der Waals surface area contributed by atoms with E-state index in [0.29, 0.717) is 11.6 Å². The molecule has 0 aliphatic rings. The summed E-state index contributed by atoms with van der Waals surface area (Å²) in [7, 11) is 1.51.